The Kier molecular flexibility index (Phi) is 2.07. The van der Waals surface area contributed by atoms with Crippen molar-refractivity contribution in [2.24, 2.45) is 0 Å². The molecule has 0 unspecified atom stereocenters. The SMILES string of the molecule is O=C1C=C(c2ccc(Cl)cc2)CN1. The van der Waals surface area contributed by atoms with E-state index in [-0.39, 0.29) is 5.91 Å². The molecule has 0 bridgehead atoms. The van der Waals surface area contributed by atoms with Gasteiger partial charge in [0.05, 0.1) is 0 Å². The summed E-state index contributed by atoms with van der Waals surface area (Å²) in [6, 6.07) is 7.46. The fourth-order valence-electron chi connectivity index (χ4n) is 1.29. The molecule has 1 heterocycles. The number of rotatable bonds is 1. The zero-order valence-electron chi connectivity index (χ0n) is 6.88. The zero-order valence-corrected chi connectivity index (χ0v) is 7.64. The van der Waals surface area contributed by atoms with Gasteiger partial charge in [0.1, 0.15) is 0 Å². The molecule has 3 heteroatoms. The highest BCUT2D eigenvalue weighted by Gasteiger charge is 2.11. The molecule has 1 N–H and O–H groups in total. The summed E-state index contributed by atoms with van der Waals surface area (Å²) in [6.07, 6.45) is 1.61. The maximum absolute atomic E-state index is 10.9. The first-order valence-electron chi connectivity index (χ1n) is 4.00. The van der Waals surface area contributed by atoms with E-state index in [1.807, 2.05) is 24.3 Å². The Hall–Kier alpha value is -1.28. The topological polar surface area (TPSA) is 29.1 Å². The Labute approximate surface area is 81.2 Å². The van der Waals surface area contributed by atoms with Crippen LogP contribution in [-0.4, -0.2) is 12.5 Å². The molecule has 2 nitrogen and oxygen atoms in total. The van der Waals surface area contributed by atoms with E-state index in [0.29, 0.717) is 11.6 Å². The van der Waals surface area contributed by atoms with E-state index >= 15 is 0 Å². The fraction of sp³-hybridized carbons (Fsp3) is 0.100. The van der Waals surface area contributed by atoms with E-state index < -0.39 is 0 Å². The first-order chi connectivity index (χ1) is 6.25. The molecule has 1 aliphatic rings. The molecule has 13 heavy (non-hydrogen) atoms. The zero-order chi connectivity index (χ0) is 9.26. The molecular weight excluding hydrogens is 186 g/mol. The lowest BCUT2D eigenvalue weighted by Gasteiger charge is -2.00. The average Bonchev–Trinajstić information content (AvgIpc) is 2.53. The van der Waals surface area contributed by atoms with Gasteiger partial charge in [-0.1, -0.05) is 23.7 Å². The first kappa shape index (κ1) is 8.32. The average molecular weight is 194 g/mol. The van der Waals surface area contributed by atoms with Gasteiger partial charge in [-0.2, -0.15) is 0 Å². The van der Waals surface area contributed by atoms with Crippen LogP contribution in [0.25, 0.3) is 5.57 Å². The molecule has 0 saturated carbocycles. The summed E-state index contributed by atoms with van der Waals surface area (Å²) in [5.41, 5.74) is 2.06. The third-order valence-electron chi connectivity index (χ3n) is 1.97. The van der Waals surface area contributed by atoms with E-state index in [4.69, 9.17) is 11.6 Å². The fourth-order valence-corrected chi connectivity index (χ4v) is 1.42. The third-order valence-corrected chi connectivity index (χ3v) is 2.23. The van der Waals surface area contributed by atoms with E-state index in [2.05, 4.69) is 5.32 Å². The number of hydrogen-bond donors (Lipinski definition) is 1. The van der Waals surface area contributed by atoms with Crippen molar-refractivity contribution >= 4 is 23.1 Å². The molecular formula is C10H8ClNO. The number of carbonyl (C=O) groups is 1. The van der Waals surface area contributed by atoms with Crippen LogP contribution in [0.4, 0.5) is 0 Å². The Morgan fingerprint density at radius 1 is 1.23 bits per heavy atom. The summed E-state index contributed by atoms with van der Waals surface area (Å²) in [5, 5.41) is 3.43. The smallest absolute Gasteiger partial charge is 0.244 e. The Morgan fingerprint density at radius 3 is 2.46 bits per heavy atom. The molecule has 0 saturated heterocycles. The lowest BCUT2D eigenvalue weighted by Crippen LogP contribution is -2.14. The van der Waals surface area contributed by atoms with Crippen LogP contribution in [-0.2, 0) is 4.79 Å². The molecule has 0 fully saturated rings. The van der Waals surface area contributed by atoms with Gasteiger partial charge in [0, 0.05) is 17.6 Å². The van der Waals surface area contributed by atoms with Crippen LogP contribution < -0.4 is 5.32 Å². The van der Waals surface area contributed by atoms with Gasteiger partial charge in [-0.15, -0.1) is 0 Å². The quantitative estimate of drug-likeness (QED) is 0.725. The molecule has 1 aromatic carbocycles. The van der Waals surface area contributed by atoms with Crippen LogP contribution in [0.3, 0.4) is 0 Å². The van der Waals surface area contributed by atoms with Crippen molar-refractivity contribution in [3.8, 4) is 0 Å². The van der Waals surface area contributed by atoms with Crippen molar-refractivity contribution in [1.29, 1.82) is 0 Å². The van der Waals surface area contributed by atoms with Gasteiger partial charge in [0.2, 0.25) is 5.91 Å². The lowest BCUT2D eigenvalue weighted by molar-refractivity contribution is -0.115. The summed E-state index contributed by atoms with van der Waals surface area (Å²) in [7, 11) is 0. The largest absolute Gasteiger partial charge is 0.348 e. The lowest BCUT2D eigenvalue weighted by atomic mass is 10.1. The Balaban J connectivity index is 2.31. The summed E-state index contributed by atoms with van der Waals surface area (Å²) < 4.78 is 0. The predicted molar refractivity (Wildman–Crippen MR) is 52.4 cm³/mol. The minimum atomic E-state index is -0.0232. The molecule has 0 atom stereocenters. The molecule has 0 radical (unpaired) electrons. The molecule has 0 spiro atoms. The van der Waals surface area contributed by atoms with Crippen molar-refractivity contribution in [2.45, 2.75) is 0 Å². The van der Waals surface area contributed by atoms with Crippen molar-refractivity contribution < 1.29 is 4.79 Å². The van der Waals surface area contributed by atoms with E-state index in [1.54, 1.807) is 6.08 Å². The van der Waals surface area contributed by atoms with Gasteiger partial charge >= 0.3 is 0 Å². The number of hydrogen-bond acceptors (Lipinski definition) is 1. The van der Waals surface area contributed by atoms with Gasteiger partial charge in [0.25, 0.3) is 0 Å². The van der Waals surface area contributed by atoms with E-state index in [0.717, 1.165) is 11.1 Å². The van der Waals surface area contributed by atoms with Crippen LogP contribution in [0.1, 0.15) is 5.56 Å². The Bertz CT molecular complexity index is 367. The highest BCUT2D eigenvalue weighted by molar-refractivity contribution is 6.30. The van der Waals surface area contributed by atoms with Crippen LogP contribution in [0, 0.1) is 0 Å². The molecule has 2 rings (SSSR count). The maximum atomic E-state index is 10.9. The van der Waals surface area contributed by atoms with E-state index in [9.17, 15) is 4.79 Å². The number of benzene rings is 1. The summed E-state index contributed by atoms with van der Waals surface area (Å²) in [5.74, 6) is -0.0232. The van der Waals surface area contributed by atoms with Gasteiger partial charge in [-0.25, -0.2) is 0 Å². The third kappa shape index (κ3) is 1.73. The first-order valence-corrected chi connectivity index (χ1v) is 4.38. The maximum Gasteiger partial charge on any atom is 0.244 e. The summed E-state index contributed by atoms with van der Waals surface area (Å²) in [4.78, 5) is 10.9. The van der Waals surface area contributed by atoms with Crippen molar-refractivity contribution in [3.63, 3.8) is 0 Å². The predicted octanol–water partition coefficient (Wildman–Crippen LogP) is 1.85. The van der Waals surface area contributed by atoms with E-state index in [1.165, 1.54) is 0 Å². The number of carbonyl (C=O) groups excluding carboxylic acids is 1. The van der Waals surface area contributed by atoms with Crippen molar-refractivity contribution in [3.05, 3.63) is 40.9 Å². The van der Waals surface area contributed by atoms with Crippen molar-refractivity contribution in [2.75, 3.05) is 6.54 Å². The van der Waals surface area contributed by atoms with Gasteiger partial charge in [-0.05, 0) is 23.3 Å². The molecule has 1 amide bonds. The van der Waals surface area contributed by atoms with Gasteiger partial charge < -0.3 is 5.32 Å². The van der Waals surface area contributed by atoms with Crippen LogP contribution in [0.5, 0.6) is 0 Å². The molecule has 0 aliphatic carbocycles. The second-order valence-corrected chi connectivity index (χ2v) is 3.33. The molecule has 1 aliphatic heterocycles. The summed E-state index contributed by atoms with van der Waals surface area (Å²) >= 11 is 5.75. The van der Waals surface area contributed by atoms with Crippen molar-refractivity contribution in [1.82, 2.24) is 5.32 Å². The number of nitrogens with one attached hydrogen (secondary N) is 1. The molecule has 66 valence electrons. The van der Waals surface area contributed by atoms with Crippen LogP contribution in [0.15, 0.2) is 30.3 Å². The number of halogens is 1. The standard InChI is InChI=1S/C10H8ClNO/c11-9-3-1-7(2-4-9)8-5-10(13)12-6-8/h1-5H,6H2,(H,12,13). The minimum absolute atomic E-state index is 0.0232. The highest BCUT2D eigenvalue weighted by Crippen LogP contribution is 2.18. The molecule has 0 aromatic heterocycles. The number of amides is 1. The highest BCUT2D eigenvalue weighted by atomic mass is 35.5. The van der Waals surface area contributed by atoms with Gasteiger partial charge in [0.15, 0.2) is 0 Å². The van der Waals surface area contributed by atoms with Gasteiger partial charge in [-0.3, -0.25) is 4.79 Å². The molecule has 1 aromatic rings. The van der Waals surface area contributed by atoms with Crippen LogP contribution in [0.2, 0.25) is 5.02 Å². The Morgan fingerprint density at radius 2 is 1.92 bits per heavy atom. The van der Waals surface area contributed by atoms with Crippen LogP contribution >= 0.6 is 11.6 Å². The second kappa shape index (κ2) is 3.23. The normalized spacial score (nSPS) is 15.5. The second-order valence-electron chi connectivity index (χ2n) is 2.89. The minimum Gasteiger partial charge on any atom is -0.348 e. The monoisotopic (exact) mass is 193 g/mol. The summed E-state index contributed by atoms with van der Waals surface area (Å²) in [6.45, 7) is 0.612.